The van der Waals surface area contributed by atoms with Crippen LogP contribution in [-0.4, -0.2) is 80.7 Å². The van der Waals surface area contributed by atoms with E-state index in [4.69, 9.17) is 4.74 Å². The lowest BCUT2D eigenvalue weighted by Crippen LogP contribution is -2.47. The van der Waals surface area contributed by atoms with E-state index in [9.17, 15) is 19.5 Å². The van der Waals surface area contributed by atoms with Crippen molar-refractivity contribution < 1.29 is 19.4 Å². The number of aliphatic hydroxyl groups excluding tert-OH is 1. The molecule has 4 aromatic heterocycles. The molecule has 1 amide bonds. The number of fused-ring (bicyclic) bond motifs is 1. The Balaban J connectivity index is 1.22. The number of anilines is 3. The summed E-state index contributed by atoms with van der Waals surface area (Å²) in [4.78, 5) is 50.9. The molecule has 12 nitrogen and oxygen atoms in total. The highest BCUT2D eigenvalue weighted by Crippen LogP contribution is 2.38. The standard InChI is InChI=1S/C36H43N7O5/c1-23-22-48-13-12-42(23)34(46)24-6-7-32(38-18-24)39-30-15-26(19-41(5)35(30)47)28-8-9-37-33(29(28)21-45)40(4)10-11-43-27(20-44)14-25-16-36(2,3)17-31(25)43/h6-9,14-15,18-20,23,45H,10-13,16-17,21-22H2,1-5H3,(H,38,39)/t23-/m1/s1. The number of aliphatic hydroxyl groups is 1. The maximum atomic E-state index is 13.2. The zero-order valence-corrected chi connectivity index (χ0v) is 28.2. The van der Waals surface area contributed by atoms with Gasteiger partial charge >= 0.3 is 0 Å². The van der Waals surface area contributed by atoms with Gasteiger partial charge in [-0.2, -0.15) is 0 Å². The van der Waals surface area contributed by atoms with Gasteiger partial charge in [0.05, 0.1) is 37.1 Å². The molecule has 0 aromatic carbocycles. The first kappa shape index (κ1) is 33.1. The van der Waals surface area contributed by atoms with Crippen molar-refractivity contribution in [2.24, 2.45) is 12.5 Å². The van der Waals surface area contributed by atoms with Crippen molar-refractivity contribution in [3.63, 3.8) is 0 Å². The molecule has 1 atom stereocenters. The first-order chi connectivity index (χ1) is 23.0. The van der Waals surface area contributed by atoms with E-state index in [0.29, 0.717) is 72.6 Å². The van der Waals surface area contributed by atoms with Gasteiger partial charge in [-0.15, -0.1) is 0 Å². The Bertz CT molecular complexity index is 1900. The molecule has 0 spiro atoms. The average Bonchev–Trinajstić information content (AvgIpc) is 3.56. The van der Waals surface area contributed by atoms with Crippen molar-refractivity contribution in [3.8, 4) is 11.1 Å². The van der Waals surface area contributed by atoms with Crippen LogP contribution in [0.2, 0.25) is 0 Å². The highest BCUT2D eigenvalue weighted by molar-refractivity contribution is 5.94. The third-order valence-electron chi connectivity index (χ3n) is 9.37. The zero-order valence-electron chi connectivity index (χ0n) is 28.2. The molecule has 48 heavy (non-hydrogen) atoms. The minimum absolute atomic E-state index is 0.0184. The largest absolute Gasteiger partial charge is 0.392 e. The summed E-state index contributed by atoms with van der Waals surface area (Å²) in [5.74, 6) is 0.928. The highest BCUT2D eigenvalue weighted by Gasteiger charge is 2.32. The van der Waals surface area contributed by atoms with Gasteiger partial charge in [-0.05, 0) is 66.6 Å². The number of aromatic nitrogens is 4. The van der Waals surface area contributed by atoms with E-state index < -0.39 is 0 Å². The van der Waals surface area contributed by atoms with Crippen molar-refractivity contribution in [2.45, 2.75) is 52.8 Å². The summed E-state index contributed by atoms with van der Waals surface area (Å²) in [5.41, 5.74) is 5.87. The van der Waals surface area contributed by atoms with E-state index in [1.807, 2.05) is 31.0 Å². The maximum Gasteiger partial charge on any atom is 0.274 e. The molecule has 6 rings (SSSR count). The number of rotatable bonds is 10. The summed E-state index contributed by atoms with van der Waals surface area (Å²) in [6.07, 6.45) is 7.73. The topological polar surface area (TPSA) is 135 Å². The zero-order chi connectivity index (χ0) is 34.2. The second-order valence-corrected chi connectivity index (χ2v) is 13.6. The summed E-state index contributed by atoms with van der Waals surface area (Å²) in [6, 6.07) is 8.93. The van der Waals surface area contributed by atoms with E-state index in [1.165, 1.54) is 22.0 Å². The van der Waals surface area contributed by atoms with Crippen molar-refractivity contribution in [2.75, 3.05) is 43.6 Å². The predicted molar refractivity (Wildman–Crippen MR) is 184 cm³/mol. The number of nitrogens with one attached hydrogen (secondary N) is 1. The lowest BCUT2D eigenvalue weighted by atomic mass is 9.90. The predicted octanol–water partition coefficient (Wildman–Crippen LogP) is 3.81. The Kier molecular flexibility index (Phi) is 9.22. The number of aldehydes is 1. The van der Waals surface area contributed by atoms with Crippen LogP contribution in [0.25, 0.3) is 11.1 Å². The van der Waals surface area contributed by atoms with Gasteiger partial charge in [-0.3, -0.25) is 14.4 Å². The van der Waals surface area contributed by atoms with Crippen LogP contribution in [0.5, 0.6) is 0 Å². The minimum atomic E-state index is -0.264. The SMILES string of the molecule is C[C@@H]1COCCN1C(=O)c1ccc(Nc2cc(-c3ccnc(N(C)CCn4c(C=O)cc5c4CC(C)(C)C5)c3CO)cn(C)c2=O)nc1. The number of aryl methyl sites for hydroxylation is 1. The molecule has 1 fully saturated rings. The monoisotopic (exact) mass is 653 g/mol. The number of amides is 1. The summed E-state index contributed by atoms with van der Waals surface area (Å²) in [6.45, 7) is 8.89. The van der Waals surface area contributed by atoms with Crippen LogP contribution in [0, 0.1) is 5.41 Å². The second-order valence-electron chi connectivity index (χ2n) is 13.6. The summed E-state index contributed by atoms with van der Waals surface area (Å²) in [5, 5.41) is 13.7. The van der Waals surface area contributed by atoms with Crippen molar-refractivity contribution in [3.05, 3.63) is 87.4 Å². The van der Waals surface area contributed by atoms with Gasteiger partial charge in [0, 0.05) is 69.1 Å². The summed E-state index contributed by atoms with van der Waals surface area (Å²) >= 11 is 0. The Labute approximate surface area is 280 Å². The lowest BCUT2D eigenvalue weighted by molar-refractivity contribution is 0.00357. The molecule has 2 aliphatic rings. The Morgan fingerprint density at radius 2 is 2.02 bits per heavy atom. The number of hydrogen-bond donors (Lipinski definition) is 2. The van der Waals surface area contributed by atoms with Crippen molar-refractivity contribution >= 4 is 29.5 Å². The van der Waals surface area contributed by atoms with Crippen LogP contribution >= 0.6 is 0 Å². The number of nitrogens with zero attached hydrogens (tertiary/aromatic N) is 6. The fourth-order valence-corrected chi connectivity index (χ4v) is 6.89. The number of likely N-dealkylation sites (N-methyl/N-ethyl adjacent to an activating group) is 1. The van der Waals surface area contributed by atoms with Crippen LogP contribution in [0.1, 0.15) is 58.4 Å². The van der Waals surface area contributed by atoms with Gasteiger partial charge in [-0.25, -0.2) is 9.97 Å². The molecule has 0 radical (unpaired) electrons. The van der Waals surface area contributed by atoms with Gasteiger partial charge in [0.15, 0.2) is 6.29 Å². The Hall–Kier alpha value is -4.81. The number of pyridine rings is 3. The van der Waals surface area contributed by atoms with Gasteiger partial charge in [0.25, 0.3) is 11.5 Å². The van der Waals surface area contributed by atoms with Crippen LogP contribution in [-0.2, 0) is 37.8 Å². The van der Waals surface area contributed by atoms with Gasteiger partial charge in [-0.1, -0.05) is 13.8 Å². The number of ether oxygens (including phenoxy) is 1. The Morgan fingerprint density at radius 3 is 2.73 bits per heavy atom. The fraction of sp³-hybridized carbons (Fsp3) is 0.417. The van der Waals surface area contributed by atoms with Gasteiger partial charge in [0.1, 0.15) is 17.3 Å². The van der Waals surface area contributed by atoms with Crippen LogP contribution in [0.4, 0.5) is 17.3 Å². The van der Waals surface area contributed by atoms with E-state index in [2.05, 4.69) is 33.7 Å². The molecule has 1 aliphatic carbocycles. The molecule has 0 unspecified atom stereocenters. The first-order valence-corrected chi connectivity index (χ1v) is 16.3. The number of hydrogen-bond acceptors (Lipinski definition) is 9. The Morgan fingerprint density at radius 1 is 1.21 bits per heavy atom. The molecule has 252 valence electrons. The smallest absolute Gasteiger partial charge is 0.274 e. The molecular formula is C36H43N7O5. The van der Waals surface area contributed by atoms with Crippen molar-refractivity contribution in [1.29, 1.82) is 0 Å². The molecular weight excluding hydrogens is 610 g/mol. The van der Waals surface area contributed by atoms with Crippen molar-refractivity contribution in [1.82, 2.24) is 24.0 Å². The highest BCUT2D eigenvalue weighted by atomic mass is 16.5. The van der Waals surface area contributed by atoms with E-state index in [1.54, 1.807) is 42.5 Å². The molecule has 1 aliphatic heterocycles. The molecule has 5 heterocycles. The summed E-state index contributed by atoms with van der Waals surface area (Å²) in [7, 11) is 3.59. The molecule has 1 saturated heterocycles. The van der Waals surface area contributed by atoms with E-state index >= 15 is 0 Å². The molecule has 0 bridgehead atoms. The van der Waals surface area contributed by atoms with E-state index in [-0.39, 0.29) is 29.5 Å². The van der Waals surface area contributed by atoms with Crippen LogP contribution in [0.15, 0.2) is 53.7 Å². The fourth-order valence-electron chi connectivity index (χ4n) is 6.89. The molecule has 2 N–H and O–H groups in total. The molecule has 4 aromatic rings. The minimum Gasteiger partial charge on any atom is -0.392 e. The number of carbonyl (C=O) groups excluding carboxylic acids is 2. The van der Waals surface area contributed by atoms with Gasteiger partial charge < -0.3 is 34.1 Å². The number of carbonyl (C=O) groups is 2. The number of morpholine rings is 1. The van der Waals surface area contributed by atoms with Crippen LogP contribution in [0.3, 0.4) is 0 Å². The normalized spacial score (nSPS) is 16.9. The molecule has 0 saturated carbocycles. The summed E-state index contributed by atoms with van der Waals surface area (Å²) < 4.78 is 9.04. The van der Waals surface area contributed by atoms with Gasteiger partial charge in [0.2, 0.25) is 0 Å². The first-order valence-electron chi connectivity index (χ1n) is 16.3. The third kappa shape index (κ3) is 6.50. The molecule has 12 heteroatoms. The lowest BCUT2D eigenvalue weighted by Gasteiger charge is -2.33. The second kappa shape index (κ2) is 13.4. The third-order valence-corrected chi connectivity index (χ3v) is 9.37. The average molecular weight is 654 g/mol. The van der Waals surface area contributed by atoms with Crippen LogP contribution < -0.4 is 15.8 Å². The maximum absolute atomic E-state index is 13.2. The quantitative estimate of drug-likeness (QED) is 0.245. The van der Waals surface area contributed by atoms with E-state index in [0.717, 1.165) is 24.7 Å².